The number of carbonyl (C=O) groups is 1. The first kappa shape index (κ1) is 10.8. The number of aromatic amines is 1. The average Bonchev–Trinajstić information content (AvgIpc) is 2.52. The molecule has 0 saturated carbocycles. The number of nitrogens with two attached hydrogens (primary N) is 1. The molecule has 76 valence electrons. The minimum Gasteiger partial charge on any atom is -0.369 e. The number of amides is 1. The van der Waals surface area contributed by atoms with E-state index in [2.05, 4.69) is 9.98 Å². The maximum Gasteiger partial charge on any atom is 0.223 e. The van der Waals surface area contributed by atoms with Crippen molar-refractivity contribution >= 4 is 23.7 Å². The number of nitrogens with one attached hydrogen (secondary N) is 1. The molecule has 1 heterocycles. The fourth-order valence-electron chi connectivity index (χ4n) is 1.04. The molecule has 1 amide bonds. The third-order valence-corrected chi connectivity index (χ3v) is 1.75. The van der Waals surface area contributed by atoms with Gasteiger partial charge in [-0.1, -0.05) is 0 Å². The molecule has 0 bridgehead atoms. The summed E-state index contributed by atoms with van der Waals surface area (Å²) in [4.78, 5) is 17.6. The Bertz CT molecular complexity index is 333. The molecule has 0 atom stereocenters. The minimum atomic E-state index is -0.351. The first-order valence-electron chi connectivity index (χ1n) is 4.24. The molecule has 0 aliphatic heterocycles. The molecule has 0 unspecified atom stereocenters. The Kier molecular flexibility index (Phi) is 4.19. The quantitative estimate of drug-likeness (QED) is 0.549. The Balaban J connectivity index is 2.54. The maximum absolute atomic E-state index is 10.6. The average molecular weight is 214 g/mol. The van der Waals surface area contributed by atoms with Crippen molar-refractivity contribution in [3.05, 3.63) is 23.5 Å². The van der Waals surface area contributed by atoms with Gasteiger partial charge in [0.2, 0.25) is 5.91 Å². The van der Waals surface area contributed by atoms with Crippen LogP contribution in [0.1, 0.15) is 11.4 Å². The number of aliphatic imine (C=N–C) groups is 1. The molecule has 4 nitrogen and oxygen atoms in total. The zero-order valence-electron chi connectivity index (χ0n) is 7.66. The second-order valence-corrected chi connectivity index (χ2v) is 3.18. The Hall–Kier alpha value is -1.29. The molecule has 0 aliphatic rings. The van der Waals surface area contributed by atoms with Gasteiger partial charge in [0.25, 0.3) is 0 Å². The van der Waals surface area contributed by atoms with Gasteiger partial charge >= 0.3 is 0 Å². The highest BCUT2D eigenvalue weighted by Gasteiger charge is 1.99. The predicted octanol–water partition coefficient (Wildman–Crippen LogP) is 0.700. The number of alkyl halides is 1. The number of hydrogen-bond donors (Lipinski definition) is 2. The third kappa shape index (κ3) is 3.62. The summed E-state index contributed by atoms with van der Waals surface area (Å²) < 4.78 is 0. The fraction of sp³-hybridized carbons (Fsp3) is 0.333. The van der Waals surface area contributed by atoms with Crippen molar-refractivity contribution in [1.82, 2.24) is 4.98 Å². The molecule has 3 N–H and O–H groups in total. The van der Waals surface area contributed by atoms with Gasteiger partial charge in [0.15, 0.2) is 0 Å². The fourth-order valence-corrected chi connectivity index (χ4v) is 1.13. The molecular formula is C9H12ClN3O. The summed E-state index contributed by atoms with van der Waals surface area (Å²) in [6, 6.07) is 3.66. The van der Waals surface area contributed by atoms with Gasteiger partial charge in [-0.05, 0) is 12.1 Å². The van der Waals surface area contributed by atoms with Gasteiger partial charge in [0.05, 0.1) is 18.7 Å². The van der Waals surface area contributed by atoms with Gasteiger partial charge in [-0.15, -0.1) is 11.6 Å². The maximum atomic E-state index is 10.6. The molecule has 0 fully saturated rings. The summed E-state index contributed by atoms with van der Waals surface area (Å²) >= 11 is 5.46. The minimum absolute atomic E-state index is 0.226. The Labute approximate surface area is 87.2 Å². The molecule has 1 rings (SSSR count). The molecular weight excluding hydrogens is 202 g/mol. The van der Waals surface area contributed by atoms with Crippen molar-refractivity contribution in [1.29, 1.82) is 0 Å². The lowest BCUT2D eigenvalue weighted by atomic mass is 10.3. The number of H-pyrrole nitrogens is 1. The van der Waals surface area contributed by atoms with E-state index >= 15 is 0 Å². The van der Waals surface area contributed by atoms with E-state index in [4.69, 9.17) is 17.3 Å². The molecule has 0 spiro atoms. The SMILES string of the molecule is NC(=O)Cc1ccc(C=NCCCl)[nH]1. The number of carbonyl (C=O) groups excluding carboxylic acids is 1. The first-order chi connectivity index (χ1) is 6.72. The van der Waals surface area contributed by atoms with Crippen molar-refractivity contribution in [2.75, 3.05) is 12.4 Å². The van der Waals surface area contributed by atoms with Gasteiger partial charge in [0, 0.05) is 17.8 Å². The topological polar surface area (TPSA) is 71.2 Å². The summed E-state index contributed by atoms with van der Waals surface area (Å²) in [7, 11) is 0. The van der Waals surface area contributed by atoms with Crippen molar-refractivity contribution in [2.24, 2.45) is 10.7 Å². The monoisotopic (exact) mass is 213 g/mol. The summed E-state index contributed by atoms with van der Waals surface area (Å²) in [6.45, 7) is 0.589. The molecule has 1 aromatic rings. The van der Waals surface area contributed by atoms with Crippen molar-refractivity contribution in [3.8, 4) is 0 Å². The van der Waals surface area contributed by atoms with Crippen LogP contribution >= 0.6 is 11.6 Å². The van der Waals surface area contributed by atoms with E-state index in [1.165, 1.54) is 0 Å². The summed E-state index contributed by atoms with van der Waals surface area (Å²) in [5, 5.41) is 0. The van der Waals surface area contributed by atoms with Crippen LogP contribution in [-0.4, -0.2) is 29.5 Å². The van der Waals surface area contributed by atoms with E-state index in [1.807, 2.05) is 12.1 Å². The highest BCUT2D eigenvalue weighted by molar-refractivity contribution is 6.18. The van der Waals surface area contributed by atoms with Gasteiger partial charge in [-0.2, -0.15) is 0 Å². The smallest absolute Gasteiger partial charge is 0.223 e. The zero-order valence-corrected chi connectivity index (χ0v) is 8.42. The lowest BCUT2D eigenvalue weighted by molar-refractivity contribution is -0.117. The predicted molar refractivity (Wildman–Crippen MR) is 56.9 cm³/mol. The van der Waals surface area contributed by atoms with Gasteiger partial charge in [0.1, 0.15) is 0 Å². The van der Waals surface area contributed by atoms with Crippen molar-refractivity contribution < 1.29 is 4.79 Å². The van der Waals surface area contributed by atoms with Crippen LogP contribution in [0.15, 0.2) is 17.1 Å². The largest absolute Gasteiger partial charge is 0.369 e. The Morgan fingerprint density at radius 3 is 3.07 bits per heavy atom. The number of nitrogens with zero attached hydrogens (tertiary/aromatic N) is 1. The summed E-state index contributed by atoms with van der Waals surface area (Å²) in [5.74, 6) is 0.154. The highest BCUT2D eigenvalue weighted by Crippen LogP contribution is 2.00. The molecule has 1 aromatic heterocycles. The van der Waals surface area contributed by atoms with Crippen LogP contribution in [0.25, 0.3) is 0 Å². The van der Waals surface area contributed by atoms with E-state index in [0.717, 1.165) is 11.4 Å². The van der Waals surface area contributed by atoms with Gasteiger partial charge < -0.3 is 10.7 Å². The van der Waals surface area contributed by atoms with E-state index < -0.39 is 0 Å². The van der Waals surface area contributed by atoms with E-state index in [0.29, 0.717) is 12.4 Å². The normalized spacial score (nSPS) is 10.9. The molecule has 0 saturated heterocycles. The van der Waals surface area contributed by atoms with Crippen LogP contribution in [0.2, 0.25) is 0 Å². The molecule has 5 heteroatoms. The number of halogens is 1. The van der Waals surface area contributed by atoms with Crippen LogP contribution in [0.3, 0.4) is 0 Å². The molecule has 14 heavy (non-hydrogen) atoms. The van der Waals surface area contributed by atoms with Crippen molar-refractivity contribution in [2.45, 2.75) is 6.42 Å². The number of primary amides is 1. The molecule has 0 radical (unpaired) electrons. The molecule has 0 aromatic carbocycles. The number of hydrogen-bond acceptors (Lipinski definition) is 2. The Morgan fingerprint density at radius 2 is 2.43 bits per heavy atom. The van der Waals surface area contributed by atoms with E-state index in [9.17, 15) is 4.79 Å². The summed E-state index contributed by atoms with van der Waals surface area (Å²) in [6.07, 6.45) is 1.91. The van der Waals surface area contributed by atoms with Crippen LogP contribution in [0.5, 0.6) is 0 Å². The standard InChI is InChI=1S/C9H12ClN3O/c10-3-4-12-6-8-2-1-7(13-8)5-9(11)14/h1-2,6,13H,3-5H2,(H2,11,14). The number of aromatic nitrogens is 1. The van der Waals surface area contributed by atoms with E-state index in [-0.39, 0.29) is 12.3 Å². The van der Waals surface area contributed by atoms with E-state index in [1.54, 1.807) is 6.21 Å². The van der Waals surface area contributed by atoms with Crippen LogP contribution in [0, 0.1) is 0 Å². The third-order valence-electron chi connectivity index (χ3n) is 1.58. The second kappa shape index (κ2) is 5.44. The molecule has 0 aliphatic carbocycles. The highest BCUT2D eigenvalue weighted by atomic mass is 35.5. The van der Waals surface area contributed by atoms with Crippen LogP contribution < -0.4 is 5.73 Å². The first-order valence-corrected chi connectivity index (χ1v) is 4.78. The van der Waals surface area contributed by atoms with Gasteiger partial charge in [-0.3, -0.25) is 9.79 Å². The van der Waals surface area contributed by atoms with Crippen molar-refractivity contribution in [3.63, 3.8) is 0 Å². The lowest BCUT2D eigenvalue weighted by Gasteiger charge is -1.90. The number of rotatable bonds is 5. The van der Waals surface area contributed by atoms with Crippen LogP contribution in [0.4, 0.5) is 0 Å². The lowest BCUT2D eigenvalue weighted by Crippen LogP contribution is -2.13. The second-order valence-electron chi connectivity index (χ2n) is 2.81. The zero-order chi connectivity index (χ0) is 10.4. The Morgan fingerprint density at radius 1 is 1.64 bits per heavy atom. The summed E-state index contributed by atoms with van der Waals surface area (Å²) in [5.41, 5.74) is 6.69. The van der Waals surface area contributed by atoms with Gasteiger partial charge in [-0.25, -0.2) is 0 Å². The van der Waals surface area contributed by atoms with Crippen LogP contribution in [-0.2, 0) is 11.2 Å².